The average Bonchev–Trinajstić information content (AvgIpc) is 2.47. The maximum Gasteiger partial charge on any atom is 0.226 e. The van der Waals surface area contributed by atoms with Crippen molar-refractivity contribution in [2.75, 3.05) is 13.1 Å². The van der Waals surface area contributed by atoms with E-state index in [9.17, 15) is 9.59 Å². The highest BCUT2D eigenvalue weighted by molar-refractivity contribution is 5.83. The molecule has 1 amide bonds. The van der Waals surface area contributed by atoms with Crippen LogP contribution in [0.1, 0.15) is 32.3 Å². The second kappa shape index (κ2) is 6.69. The molecule has 0 aliphatic carbocycles. The molecule has 0 bridgehead atoms. The molecule has 1 aromatic carbocycles. The van der Waals surface area contributed by atoms with Gasteiger partial charge in [0.05, 0.1) is 6.42 Å². The van der Waals surface area contributed by atoms with Gasteiger partial charge >= 0.3 is 0 Å². The molecule has 0 saturated carbocycles. The number of carbonyl (C=O) groups is 2. The molecule has 2 rings (SSSR count). The van der Waals surface area contributed by atoms with Crippen LogP contribution >= 0.6 is 0 Å². The Morgan fingerprint density at radius 2 is 1.75 bits per heavy atom. The minimum atomic E-state index is 0.103. The Labute approximate surface area is 121 Å². The van der Waals surface area contributed by atoms with Crippen LogP contribution in [0.25, 0.3) is 0 Å². The van der Waals surface area contributed by atoms with Gasteiger partial charge < -0.3 is 4.90 Å². The molecule has 0 atom stereocenters. The van der Waals surface area contributed by atoms with E-state index in [-0.39, 0.29) is 17.7 Å². The molecule has 0 spiro atoms. The molecule has 0 unspecified atom stereocenters. The summed E-state index contributed by atoms with van der Waals surface area (Å²) >= 11 is 0. The van der Waals surface area contributed by atoms with Crippen LogP contribution < -0.4 is 0 Å². The van der Waals surface area contributed by atoms with Crippen LogP contribution in [0, 0.1) is 11.8 Å². The van der Waals surface area contributed by atoms with E-state index < -0.39 is 0 Å². The minimum absolute atomic E-state index is 0.103. The number of hydrogen-bond donors (Lipinski definition) is 0. The Hall–Kier alpha value is -1.64. The molecule has 20 heavy (non-hydrogen) atoms. The standard InChI is InChI=1S/C17H23NO2/c1-13(2)17(20)15-8-10-18(11-9-15)16(19)12-14-6-4-3-5-7-14/h3-7,13,15H,8-12H2,1-2H3. The molecule has 0 radical (unpaired) electrons. The predicted molar refractivity (Wildman–Crippen MR) is 79.3 cm³/mol. The van der Waals surface area contributed by atoms with Crippen molar-refractivity contribution in [3.8, 4) is 0 Å². The molecule has 1 heterocycles. The first kappa shape index (κ1) is 14.8. The Kier molecular flexibility index (Phi) is 4.94. The normalized spacial score (nSPS) is 16.4. The lowest BCUT2D eigenvalue weighted by atomic mass is 9.87. The summed E-state index contributed by atoms with van der Waals surface area (Å²) in [5.41, 5.74) is 1.05. The smallest absolute Gasteiger partial charge is 0.226 e. The lowest BCUT2D eigenvalue weighted by Crippen LogP contribution is -2.41. The number of benzene rings is 1. The van der Waals surface area contributed by atoms with E-state index >= 15 is 0 Å². The minimum Gasteiger partial charge on any atom is -0.342 e. The predicted octanol–water partition coefficient (Wildman–Crippen LogP) is 2.69. The fraction of sp³-hybridized carbons (Fsp3) is 0.529. The van der Waals surface area contributed by atoms with Crippen LogP contribution in [0.15, 0.2) is 30.3 Å². The van der Waals surface area contributed by atoms with Gasteiger partial charge in [-0.2, -0.15) is 0 Å². The first-order chi connectivity index (χ1) is 9.58. The number of ketones is 1. The van der Waals surface area contributed by atoms with Crippen LogP contribution in [-0.2, 0) is 16.0 Å². The first-order valence-electron chi connectivity index (χ1n) is 7.43. The third-order valence-corrected chi connectivity index (χ3v) is 4.02. The SMILES string of the molecule is CC(C)C(=O)C1CCN(C(=O)Cc2ccccc2)CC1. The summed E-state index contributed by atoms with van der Waals surface area (Å²) in [4.78, 5) is 26.1. The highest BCUT2D eigenvalue weighted by Gasteiger charge is 2.28. The van der Waals surface area contributed by atoms with Gasteiger partial charge in [0.15, 0.2) is 0 Å². The molecule has 0 aromatic heterocycles. The summed E-state index contributed by atoms with van der Waals surface area (Å²) in [6, 6.07) is 9.82. The zero-order chi connectivity index (χ0) is 14.5. The fourth-order valence-corrected chi connectivity index (χ4v) is 2.77. The molecule has 1 saturated heterocycles. The van der Waals surface area contributed by atoms with Crippen molar-refractivity contribution in [3.63, 3.8) is 0 Å². The van der Waals surface area contributed by atoms with E-state index in [0.29, 0.717) is 12.2 Å². The van der Waals surface area contributed by atoms with Crippen LogP contribution in [0.4, 0.5) is 0 Å². The Bertz CT molecular complexity index is 459. The van der Waals surface area contributed by atoms with Gasteiger partial charge in [-0.3, -0.25) is 9.59 Å². The van der Waals surface area contributed by atoms with Gasteiger partial charge in [0.2, 0.25) is 5.91 Å². The van der Waals surface area contributed by atoms with E-state index in [4.69, 9.17) is 0 Å². The number of nitrogens with zero attached hydrogens (tertiary/aromatic N) is 1. The van der Waals surface area contributed by atoms with Crippen molar-refractivity contribution in [1.82, 2.24) is 4.90 Å². The molecule has 1 aliphatic heterocycles. The van der Waals surface area contributed by atoms with E-state index in [1.165, 1.54) is 0 Å². The van der Waals surface area contributed by atoms with E-state index in [2.05, 4.69) is 0 Å². The van der Waals surface area contributed by atoms with Gasteiger partial charge in [-0.1, -0.05) is 44.2 Å². The van der Waals surface area contributed by atoms with Gasteiger partial charge in [-0.15, -0.1) is 0 Å². The van der Waals surface area contributed by atoms with Gasteiger partial charge in [0.25, 0.3) is 0 Å². The molecule has 1 aliphatic rings. The number of amides is 1. The van der Waals surface area contributed by atoms with Crippen molar-refractivity contribution in [2.24, 2.45) is 11.8 Å². The summed E-state index contributed by atoms with van der Waals surface area (Å²) < 4.78 is 0. The van der Waals surface area contributed by atoms with E-state index in [1.807, 2.05) is 49.1 Å². The highest BCUT2D eigenvalue weighted by Crippen LogP contribution is 2.21. The number of carbonyl (C=O) groups excluding carboxylic acids is 2. The summed E-state index contributed by atoms with van der Waals surface area (Å²) in [5.74, 6) is 0.772. The molecule has 1 aromatic rings. The topological polar surface area (TPSA) is 37.4 Å². The van der Waals surface area contributed by atoms with Crippen molar-refractivity contribution in [2.45, 2.75) is 33.1 Å². The Balaban J connectivity index is 1.84. The monoisotopic (exact) mass is 273 g/mol. The molecular weight excluding hydrogens is 250 g/mol. The Morgan fingerprint density at radius 3 is 2.30 bits per heavy atom. The first-order valence-corrected chi connectivity index (χ1v) is 7.43. The zero-order valence-electron chi connectivity index (χ0n) is 12.3. The largest absolute Gasteiger partial charge is 0.342 e. The second-order valence-electron chi connectivity index (χ2n) is 5.87. The van der Waals surface area contributed by atoms with Gasteiger partial charge in [0, 0.05) is 24.9 Å². The molecule has 108 valence electrons. The second-order valence-corrected chi connectivity index (χ2v) is 5.87. The number of piperidine rings is 1. The molecule has 1 fully saturated rings. The quantitative estimate of drug-likeness (QED) is 0.846. The molecular formula is C17H23NO2. The lowest BCUT2D eigenvalue weighted by molar-refractivity contribution is -0.135. The zero-order valence-corrected chi connectivity index (χ0v) is 12.3. The van der Waals surface area contributed by atoms with Crippen molar-refractivity contribution < 1.29 is 9.59 Å². The highest BCUT2D eigenvalue weighted by atomic mass is 16.2. The summed E-state index contributed by atoms with van der Waals surface area (Å²) in [5, 5.41) is 0. The third-order valence-electron chi connectivity index (χ3n) is 4.02. The van der Waals surface area contributed by atoms with Crippen LogP contribution in [0.3, 0.4) is 0 Å². The summed E-state index contributed by atoms with van der Waals surface area (Å²) in [6.45, 7) is 5.34. The van der Waals surface area contributed by atoms with E-state index in [0.717, 1.165) is 31.5 Å². The van der Waals surface area contributed by atoms with Crippen molar-refractivity contribution >= 4 is 11.7 Å². The Morgan fingerprint density at radius 1 is 1.15 bits per heavy atom. The summed E-state index contributed by atoms with van der Waals surface area (Å²) in [7, 11) is 0. The maximum atomic E-state index is 12.2. The van der Waals surface area contributed by atoms with Gasteiger partial charge in [0.1, 0.15) is 5.78 Å². The fourth-order valence-electron chi connectivity index (χ4n) is 2.77. The average molecular weight is 273 g/mol. The number of likely N-dealkylation sites (tertiary alicyclic amines) is 1. The number of hydrogen-bond acceptors (Lipinski definition) is 2. The van der Waals surface area contributed by atoms with Gasteiger partial charge in [-0.25, -0.2) is 0 Å². The molecule has 0 N–H and O–H groups in total. The van der Waals surface area contributed by atoms with Crippen molar-refractivity contribution in [3.05, 3.63) is 35.9 Å². The summed E-state index contributed by atoms with van der Waals surface area (Å²) in [6.07, 6.45) is 2.10. The third kappa shape index (κ3) is 3.69. The number of Topliss-reactive ketones (excluding diaryl/α,β-unsaturated/α-hetero) is 1. The molecule has 3 heteroatoms. The lowest BCUT2D eigenvalue weighted by Gasteiger charge is -2.32. The van der Waals surface area contributed by atoms with Crippen LogP contribution in [-0.4, -0.2) is 29.7 Å². The van der Waals surface area contributed by atoms with Crippen molar-refractivity contribution in [1.29, 1.82) is 0 Å². The van der Waals surface area contributed by atoms with Crippen LogP contribution in [0.2, 0.25) is 0 Å². The van der Waals surface area contributed by atoms with Gasteiger partial charge in [-0.05, 0) is 18.4 Å². The van der Waals surface area contributed by atoms with Crippen LogP contribution in [0.5, 0.6) is 0 Å². The maximum absolute atomic E-state index is 12.2. The number of rotatable bonds is 4. The van der Waals surface area contributed by atoms with E-state index in [1.54, 1.807) is 0 Å². The molecule has 3 nitrogen and oxygen atoms in total.